The van der Waals surface area contributed by atoms with Gasteiger partial charge in [-0.3, -0.25) is 14.5 Å². The molecule has 1 saturated carbocycles. The quantitative estimate of drug-likeness (QED) is 0.665. The Hall–Kier alpha value is -3.59. The van der Waals surface area contributed by atoms with Crippen LogP contribution in [-0.4, -0.2) is 59.2 Å². The van der Waals surface area contributed by atoms with Crippen LogP contribution in [0.1, 0.15) is 42.4 Å². The minimum Gasteiger partial charge on any atom is -0.454 e. The molecular formula is C28H31N3O6. The Morgan fingerprint density at radius 1 is 1.00 bits per heavy atom. The first-order valence-electron chi connectivity index (χ1n) is 12.9. The van der Waals surface area contributed by atoms with Crippen LogP contribution in [0.25, 0.3) is 0 Å². The Morgan fingerprint density at radius 2 is 1.81 bits per heavy atom. The lowest BCUT2D eigenvalue weighted by molar-refractivity contribution is -0.147. The van der Waals surface area contributed by atoms with Crippen molar-refractivity contribution < 1.29 is 28.6 Å². The molecule has 3 fully saturated rings. The van der Waals surface area contributed by atoms with Crippen LogP contribution < -0.4 is 14.8 Å². The smallest absolute Gasteiger partial charge is 0.327 e. The number of aryl methyl sites for hydroxylation is 2. The Morgan fingerprint density at radius 3 is 2.65 bits per heavy atom. The number of anilines is 1. The van der Waals surface area contributed by atoms with E-state index in [9.17, 15) is 14.4 Å². The first kappa shape index (κ1) is 23.8. The predicted octanol–water partition coefficient (Wildman–Crippen LogP) is 3.76. The van der Waals surface area contributed by atoms with Crippen molar-refractivity contribution in [3.63, 3.8) is 0 Å². The van der Waals surface area contributed by atoms with E-state index in [2.05, 4.69) is 5.32 Å². The number of fused-ring (bicyclic) bond motifs is 4. The molecule has 0 spiro atoms. The van der Waals surface area contributed by atoms with Gasteiger partial charge in [0.1, 0.15) is 6.54 Å². The highest BCUT2D eigenvalue weighted by Gasteiger charge is 2.57. The van der Waals surface area contributed by atoms with Gasteiger partial charge in [0.2, 0.25) is 12.7 Å². The van der Waals surface area contributed by atoms with Gasteiger partial charge in [-0.05, 0) is 67.6 Å². The normalized spacial score (nSPS) is 26.2. The minimum atomic E-state index is -0.769. The number of urea groups is 1. The molecule has 4 amide bonds. The predicted molar refractivity (Wildman–Crippen MR) is 134 cm³/mol. The average Bonchev–Trinajstić information content (AvgIpc) is 3.51. The van der Waals surface area contributed by atoms with Gasteiger partial charge in [0.15, 0.2) is 17.6 Å². The number of amides is 4. The third-order valence-electron chi connectivity index (χ3n) is 8.05. The zero-order chi connectivity index (χ0) is 25.7. The van der Waals surface area contributed by atoms with Crippen LogP contribution in [0, 0.1) is 19.8 Å². The third-order valence-corrected chi connectivity index (χ3v) is 8.05. The van der Waals surface area contributed by atoms with Gasteiger partial charge in [-0.25, -0.2) is 4.79 Å². The summed E-state index contributed by atoms with van der Waals surface area (Å²) in [5, 5.41) is 2.93. The zero-order valence-electron chi connectivity index (χ0n) is 21.1. The summed E-state index contributed by atoms with van der Waals surface area (Å²) in [7, 11) is 0. The summed E-state index contributed by atoms with van der Waals surface area (Å²) in [5.74, 6) is 0.627. The maximum atomic E-state index is 13.8. The second-order valence-corrected chi connectivity index (χ2v) is 10.4. The number of hydrogen-bond acceptors (Lipinski definition) is 6. The Bertz CT molecular complexity index is 1260. The molecule has 0 radical (unpaired) electrons. The second kappa shape index (κ2) is 9.37. The number of imide groups is 1. The standard InChI is InChI=1S/C28H31N3O6/c1-16-7-9-19(11-17(16)2)29-24(32)14-30-25-20-5-3-4-6-21(20)37-26(25)27(33)31(28(30)34)13-18-8-10-22-23(12-18)36-15-35-22/h7-12,20-21,25-26H,3-6,13-15H2,1-2H3,(H,29,32). The molecular weight excluding hydrogens is 474 g/mol. The maximum absolute atomic E-state index is 13.8. The number of hydrogen-bond donors (Lipinski definition) is 1. The molecule has 2 saturated heterocycles. The fraction of sp³-hybridized carbons (Fsp3) is 0.464. The lowest BCUT2D eigenvalue weighted by Gasteiger charge is -2.43. The van der Waals surface area contributed by atoms with Crippen molar-refractivity contribution in [3.05, 3.63) is 53.1 Å². The van der Waals surface area contributed by atoms with Crippen molar-refractivity contribution in [2.24, 2.45) is 5.92 Å². The van der Waals surface area contributed by atoms with Gasteiger partial charge in [0.05, 0.1) is 18.7 Å². The summed E-state index contributed by atoms with van der Waals surface area (Å²) in [6, 6.07) is 10.2. The fourth-order valence-corrected chi connectivity index (χ4v) is 6.02. The van der Waals surface area contributed by atoms with Crippen LogP contribution >= 0.6 is 0 Å². The van der Waals surface area contributed by atoms with E-state index in [1.54, 1.807) is 17.0 Å². The highest BCUT2D eigenvalue weighted by molar-refractivity contribution is 6.02. The van der Waals surface area contributed by atoms with Gasteiger partial charge < -0.3 is 24.4 Å². The first-order valence-corrected chi connectivity index (χ1v) is 12.9. The van der Waals surface area contributed by atoms with Gasteiger partial charge in [-0.2, -0.15) is 0 Å². The van der Waals surface area contributed by atoms with Crippen molar-refractivity contribution in [2.45, 2.75) is 64.3 Å². The lowest BCUT2D eigenvalue weighted by atomic mass is 9.81. The molecule has 9 heteroatoms. The van der Waals surface area contributed by atoms with Crippen LogP contribution in [0.5, 0.6) is 11.5 Å². The van der Waals surface area contributed by atoms with E-state index in [-0.39, 0.29) is 43.7 Å². The number of nitrogens with zero attached hydrogens (tertiary/aromatic N) is 2. The molecule has 6 rings (SSSR count). The monoisotopic (exact) mass is 505 g/mol. The fourth-order valence-electron chi connectivity index (χ4n) is 6.02. The molecule has 4 unspecified atom stereocenters. The van der Waals surface area contributed by atoms with Crippen molar-refractivity contribution in [1.82, 2.24) is 9.80 Å². The molecule has 0 bridgehead atoms. The molecule has 37 heavy (non-hydrogen) atoms. The molecule has 2 aromatic rings. The number of rotatable bonds is 5. The van der Waals surface area contributed by atoms with E-state index in [1.807, 2.05) is 38.1 Å². The van der Waals surface area contributed by atoms with E-state index in [1.165, 1.54) is 4.90 Å². The highest BCUT2D eigenvalue weighted by Crippen LogP contribution is 2.43. The molecule has 4 aliphatic rings. The molecule has 2 aromatic carbocycles. The summed E-state index contributed by atoms with van der Waals surface area (Å²) in [6.07, 6.45) is 2.97. The topological polar surface area (TPSA) is 97.4 Å². The van der Waals surface area contributed by atoms with Crippen molar-refractivity contribution in [1.29, 1.82) is 0 Å². The summed E-state index contributed by atoms with van der Waals surface area (Å²) >= 11 is 0. The molecule has 4 atom stereocenters. The largest absolute Gasteiger partial charge is 0.454 e. The van der Waals surface area contributed by atoms with Crippen molar-refractivity contribution in [2.75, 3.05) is 18.7 Å². The minimum absolute atomic E-state index is 0.0498. The Labute approximate surface area is 215 Å². The van der Waals surface area contributed by atoms with E-state index in [0.29, 0.717) is 17.2 Å². The maximum Gasteiger partial charge on any atom is 0.327 e. The number of benzene rings is 2. The van der Waals surface area contributed by atoms with E-state index >= 15 is 0 Å². The van der Waals surface area contributed by atoms with Gasteiger partial charge in [-0.15, -0.1) is 0 Å². The van der Waals surface area contributed by atoms with E-state index in [4.69, 9.17) is 14.2 Å². The second-order valence-electron chi connectivity index (χ2n) is 10.4. The Kier molecular flexibility index (Phi) is 6.03. The molecule has 3 heterocycles. The van der Waals surface area contributed by atoms with Crippen LogP contribution in [0.2, 0.25) is 0 Å². The number of ether oxygens (including phenoxy) is 3. The van der Waals surface area contributed by atoms with Crippen LogP contribution in [0.3, 0.4) is 0 Å². The van der Waals surface area contributed by atoms with Crippen LogP contribution in [0.15, 0.2) is 36.4 Å². The molecule has 9 nitrogen and oxygen atoms in total. The lowest BCUT2D eigenvalue weighted by Crippen LogP contribution is -2.65. The molecule has 3 aliphatic heterocycles. The third kappa shape index (κ3) is 4.31. The van der Waals surface area contributed by atoms with Gasteiger partial charge in [0, 0.05) is 11.6 Å². The average molecular weight is 506 g/mol. The summed E-state index contributed by atoms with van der Waals surface area (Å²) in [6.45, 7) is 4.06. The highest BCUT2D eigenvalue weighted by atomic mass is 16.7. The van der Waals surface area contributed by atoms with E-state index in [0.717, 1.165) is 42.4 Å². The van der Waals surface area contributed by atoms with Crippen molar-refractivity contribution in [3.8, 4) is 11.5 Å². The number of carbonyl (C=O) groups is 3. The molecule has 1 aliphatic carbocycles. The van der Waals surface area contributed by atoms with Gasteiger partial charge in [0.25, 0.3) is 5.91 Å². The number of carbonyl (C=O) groups excluding carboxylic acids is 3. The molecule has 1 N–H and O–H groups in total. The first-order chi connectivity index (χ1) is 17.9. The zero-order valence-corrected chi connectivity index (χ0v) is 21.1. The van der Waals surface area contributed by atoms with E-state index < -0.39 is 18.2 Å². The summed E-state index contributed by atoms with van der Waals surface area (Å²) < 4.78 is 17.1. The Balaban J connectivity index is 1.26. The van der Waals surface area contributed by atoms with Crippen LogP contribution in [0.4, 0.5) is 10.5 Å². The summed E-state index contributed by atoms with van der Waals surface area (Å²) in [5.41, 5.74) is 3.62. The summed E-state index contributed by atoms with van der Waals surface area (Å²) in [4.78, 5) is 43.3. The van der Waals surface area contributed by atoms with Crippen LogP contribution in [-0.2, 0) is 20.9 Å². The number of nitrogens with one attached hydrogen (secondary N) is 1. The molecule has 0 aromatic heterocycles. The molecule has 194 valence electrons. The van der Waals surface area contributed by atoms with Crippen molar-refractivity contribution >= 4 is 23.5 Å². The van der Waals surface area contributed by atoms with Gasteiger partial charge in [-0.1, -0.05) is 25.0 Å². The van der Waals surface area contributed by atoms with Gasteiger partial charge >= 0.3 is 6.03 Å². The SMILES string of the molecule is Cc1ccc(NC(=O)CN2C(=O)N(Cc3ccc4c(c3)OCO4)C(=O)C3OC4CCCCC4C32)cc1C.